The second-order valence-electron chi connectivity index (χ2n) is 11.0. The minimum atomic E-state index is -3.96. The lowest BCUT2D eigenvalue weighted by Crippen LogP contribution is -2.51. The summed E-state index contributed by atoms with van der Waals surface area (Å²) >= 11 is 0. The van der Waals surface area contributed by atoms with Crippen LogP contribution >= 0.6 is 0 Å². The Morgan fingerprint density at radius 1 is 1.06 bits per heavy atom. The number of rotatable bonds is 11. The van der Waals surface area contributed by atoms with Crippen molar-refractivity contribution in [3.8, 4) is 0 Å². The minimum Gasteiger partial charge on any atom is -0.457 e. The van der Waals surface area contributed by atoms with Crippen LogP contribution in [0.1, 0.15) is 47.1 Å². The Hall–Kier alpha value is -2.21. The molecule has 0 aromatic heterocycles. The number of alkyl carbamates (subject to hydrolysis) is 1. The Balaban J connectivity index is 3.17. The van der Waals surface area contributed by atoms with Gasteiger partial charge in [-0.1, -0.05) is 51.1 Å². The lowest BCUT2D eigenvalue weighted by atomic mass is 10.1. The molecular weight excluding hydrogens is 502 g/mol. The molecule has 0 bridgehead atoms. The lowest BCUT2D eigenvalue weighted by Gasteiger charge is -2.38. The van der Waals surface area contributed by atoms with Gasteiger partial charge in [0.15, 0.2) is 8.32 Å². The van der Waals surface area contributed by atoms with Crippen LogP contribution in [0.3, 0.4) is 0 Å². The van der Waals surface area contributed by atoms with Crippen LogP contribution < -0.4 is 5.32 Å². The molecule has 0 saturated carbocycles. The number of carbonyl (C=O) groups excluding carboxylic acids is 2. The normalized spacial score (nSPS) is 14.8. The van der Waals surface area contributed by atoms with Gasteiger partial charge < -0.3 is 19.2 Å². The standard InChI is InChI=1S/C25H41NO8SSi/c1-24(2,3)33-22(27)16-15-21(34-35(7,29)30)20(18-32-36(8,9)25(4,5)6)26-23(28)31-17-19-13-11-10-12-14-19/h10-16,20-21H,17-18H2,1-9H3,(H,26,28)/b16-15+/t20-,21-/m1/s1. The molecule has 2 atom stereocenters. The second kappa shape index (κ2) is 12.8. The van der Waals surface area contributed by atoms with Crippen molar-refractivity contribution in [1.82, 2.24) is 5.32 Å². The van der Waals surface area contributed by atoms with Crippen LogP contribution in [0.5, 0.6) is 0 Å². The van der Waals surface area contributed by atoms with Crippen LogP contribution in [-0.2, 0) is 39.6 Å². The van der Waals surface area contributed by atoms with Crippen LogP contribution in [0.15, 0.2) is 42.5 Å². The highest BCUT2D eigenvalue weighted by Crippen LogP contribution is 2.36. The Bertz CT molecular complexity index is 995. The zero-order chi connectivity index (χ0) is 27.8. The van der Waals surface area contributed by atoms with E-state index in [1.807, 2.05) is 43.4 Å². The van der Waals surface area contributed by atoms with Gasteiger partial charge in [0.05, 0.1) is 18.9 Å². The van der Waals surface area contributed by atoms with Gasteiger partial charge in [0.25, 0.3) is 10.1 Å². The topological polar surface area (TPSA) is 117 Å². The van der Waals surface area contributed by atoms with Crippen LogP contribution in [0.25, 0.3) is 0 Å². The molecule has 204 valence electrons. The molecule has 0 aliphatic carbocycles. The molecule has 0 aliphatic rings. The number of ether oxygens (including phenoxy) is 2. The predicted molar refractivity (Wildman–Crippen MR) is 141 cm³/mol. The molecule has 9 nitrogen and oxygen atoms in total. The lowest BCUT2D eigenvalue weighted by molar-refractivity contribution is -0.148. The summed E-state index contributed by atoms with van der Waals surface area (Å²) in [5, 5.41) is 2.52. The van der Waals surface area contributed by atoms with E-state index in [9.17, 15) is 18.0 Å². The molecule has 1 aromatic carbocycles. The van der Waals surface area contributed by atoms with Crippen molar-refractivity contribution in [1.29, 1.82) is 0 Å². The summed E-state index contributed by atoms with van der Waals surface area (Å²) in [6.07, 6.45) is 1.18. The number of esters is 1. The first-order valence-corrected chi connectivity index (χ1v) is 16.4. The molecule has 0 aliphatic heterocycles. The molecule has 36 heavy (non-hydrogen) atoms. The van der Waals surface area contributed by atoms with Gasteiger partial charge in [-0.2, -0.15) is 8.42 Å². The molecule has 1 N–H and O–H groups in total. The highest BCUT2D eigenvalue weighted by molar-refractivity contribution is 7.86. The molecule has 11 heteroatoms. The van der Waals surface area contributed by atoms with Gasteiger partial charge in [0.2, 0.25) is 0 Å². The van der Waals surface area contributed by atoms with E-state index in [-0.39, 0.29) is 18.3 Å². The maximum atomic E-state index is 12.6. The fourth-order valence-corrected chi connectivity index (χ4v) is 4.22. The first kappa shape index (κ1) is 31.8. The smallest absolute Gasteiger partial charge is 0.407 e. The SMILES string of the molecule is CC(C)(C)OC(=O)/C=C/[C@@H](OS(C)(=O)=O)[C@@H](CO[Si](C)(C)C(C)(C)C)NC(=O)OCc1ccccc1. The van der Waals surface area contributed by atoms with E-state index < -0.39 is 48.2 Å². The predicted octanol–water partition coefficient (Wildman–Crippen LogP) is 4.55. The van der Waals surface area contributed by atoms with Crippen molar-refractivity contribution in [2.24, 2.45) is 0 Å². The molecule has 0 radical (unpaired) electrons. The Morgan fingerprint density at radius 3 is 2.14 bits per heavy atom. The molecule has 1 amide bonds. The third kappa shape index (κ3) is 12.7. The van der Waals surface area contributed by atoms with Gasteiger partial charge >= 0.3 is 12.1 Å². The van der Waals surface area contributed by atoms with Gasteiger partial charge in [0, 0.05) is 6.08 Å². The summed E-state index contributed by atoms with van der Waals surface area (Å²) in [6, 6.07) is 8.14. The maximum absolute atomic E-state index is 12.6. The summed E-state index contributed by atoms with van der Waals surface area (Å²) in [7, 11) is -6.25. The minimum absolute atomic E-state index is 0.0217. The van der Waals surface area contributed by atoms with E-state index in [1.54, 1.807) is 20.8 Å². The van der Waals surface area contributed by atoms with Crippen molar-refractivity contribution in [2.45, 2.75) is 84.0 Å². The Kier molecular flexibility index (Phi) is 11.4. The van der Waals surface area contributed by atoms with E-state index in [4.69, 9.17) is 18.1 Å². The first-order valence-electron chi connectivity index (χ1n) is 11.7. The average molecular weight is 544 g/mol. The van der Waals surface area contributed by atoms with Gasteiger partial charge in [0.1, 0.15) is 18.3 Å². The molecule has 0 fully saturated rings. The van der Waals surface area contributed by atoms with Gasteiger partial charge in [-0.3, -0.25) is 4.18 Å². The van der Waals surface area contributed by atoms with Crippen LogP contribution in [0.2, 0.25) is 18.1 Å². The van der Waals surface area contributed by atoms with E-state index >= 15 is 0 Å². The van der Waals surface area contributed by atoms with Gasteiger partial charge in [-0.25, -0.2) is 9.59 Å². The van der Waals surface area contributed by atoms with E-state index in [0.717, 1.165) is 17.9 Å². The molecular formula is C25H41NO8SSi. The summed E-state index contributed by atoms with van der Waals surface area (Å²) in [5.41, 5.74) is 0.0503. The number of benzene rings is 1. The average Bonchev–Trinajstić information content (AvgIpc) is 2.70. The van der Waals surface area contributed by atoms with Crippen molar-refractivity contribution in [2.75, 3.05) is 12.9 Å². The van der Waals surface area contributed by atoms with Gasteiger partial charge in [-0.15, -0.1) is 0 Å². The first-order chi connectivity index (χ1) is 16.3. The largest absolute Gasteiger partial charge is 0.457 e. The van der Waals surface area contributed by atoms with Crippen LogP contribution in [-0.4, -0.2) is 59.4 Å². The maximum Gasteiger partial charge on any atom is 0.407 e. The second-order valence-corrected chi connectivity index (χ2v) is 17.5. The molecule has 1 aromatic rings. The van der Waals surface area contributed by atoms with E-state index in [1.165, 1.54) is 6.08 Å². The summed E-state index contributed by atoms with van der Waals surface area (Å²) < 4.78 is 46.1. The summed E-state index contributed by atoms with van der Waals surface area (Å²) in [5.74, 6) is -0.680. The number of carbonyl (C=O) groups is 2. The van der Waals surface area contributed by atoms with Crippen molar-refractivity contribution in [3.05, 3.63) is 48.0 Å². The third-order valence-corrected chi connectivity index (χ3v) is 10.5. The molecule has 0 saturated heterocycles. The van der Waals surface area contributed by atoms with Crippen molar-refractivity contribution in [3.63, 3.8) is 0 Å². The monoisotopic (exact) mass is 543 g/mol. The van der Waals surface area contributed by atoms with Crippen molar-refractivity contribution < 1.29 is 36.1 Å². The zero-order valence-corrected chi connectivity index (χ0v) is 24.6. The number of hydrogen-bond acceptors (Lipinski definition) is 8. The molecule has 0 heterocycles. The van der Waals surface area contributed by atoms with Crippen molar-refractivity contribution >= 4 is 30.5 Å². The Labute approximate surface area is 216 Å². The summed E-state index contributed by atoms with van der Waals surface area (Å²) in [4.78, 5) is 24.9. The zero-order valence-electron chi connectivity index (χ0n) is 22.8. The number of hydrogen-bond donors (Lipinski definition) is 1. The number of amides is 1. The fourth-order valence-electron chi connectivity index (χ4n) is 2.59. The van der Waals surface area contributed by atoms with E-state index in [2.05, 4.69) is 26.1 Å². The highest BCUT2D eigenvalue weighted by atomic mass is 32.2. The van der Waals surface area contributed by atoms with Gasteiger partial charge in [-0.05, 0) is 50.5 Å². The highest BCUT2D eigenvalue weighted by Gasteiger charge is 2.39. The fraction of sp³-hybridized carbons (Fsp3) is 0.600. The Morgan fingerprint density at radius 2 is 1.64 bits per heavy atom. The third-order valence-electron chi connectivity index (χ3n) is 5.46. The van der Waals surface area contributed by atoms with Crippen LogP contribution in [0, 0.1) is 0 Å². The molecule has 0 spiro atoms. The quantitative estimate of drug-likeness (QED) is 0.187. The van der Waals surface area contributed by atoms with Crippen LogP contribution in [0.4, 0.5) is 4.79 Å². The molecule has 0 unspecified atom stereocenters. The number of nitrogens with one attached hydrogen (secondary N) is 1. The molecule has 1 rings (SSSR count). The summed E-state index contributed by atoms with van der Waals surface area (Å²) in [6.45, 7) is 15.3. The van der Waals surface area contributed by atoms with E-state index in [0.29, 0.717) is 0 Å².